The highest BCUT2D eigenvalue weighted by Gasteiger charge is 2.35. The van der Waals surface area contributed by atoms with Gasteiger partial charge in [-0.3, -0.25) is 14.4 Å². The lowest BCUT2D eigenvalue weighted by atomic mass is 10.1. The Hall–Kier alpha value is -3.35. The number of nitrogens with zero attached hydrogens (tertiary/aromatic N) is 1. The maximum absolute atomic E-state index is 12.6. The number of nitrogens with one attached hydrogen (secondary N) is 2. The summed E-state index contributed by atoms with van der Waals surface area (Å²) in [5, 5.41) is 5.53. The number of para-hydroxylation sites is 2. The van der Waals surface area contributed by atoms with Gasteiger partial charge in [0.1, 0.15) is 5.75 Å². The number of hydrogen-bond acceptors (Lipinski definition) is 4. The molecule has 0 saturated carbocycles. The molecular formula is C20H21N3O4. The third kappa shape index (κ3) is 4.25. The molecular weight excluding hydrogens is 346 g/mol. The molecule has 0 unspecified atom stereocenters. The van der Waals surface area contributed by atoms with Gasteiger partial charge in [0.15, 0.2) is 0 Å². The van der Waals surface area contributed by atoms with Gasteiger partial charge in [0.05, 0.1) is 18.7 Å². The molecule has 1 atom stereocenters. The predicted octanol–water partition coefficient (Wildman–Crippen LogP) is 2.65. The van der Waals surface area contributed by atoms with Crippen molar-refractivity contribution in [2.75, 3.05) is 29.2 Å². The maximum Gasteiger partial charge on any atom is 0.229 e. The molecule has 7 nitrogen and oxygen atoms in total. The van der Waals surface area contributed by atoms with Crippen molar-refractivity contribution in [2.24, 2.45) is 5.92 Å². The summed E-state index contributed by atoms with van der Waals surface area (Å²) in [6.07, 6.45) is 0.130. The third-order valence-corrected chi connectivity index (χ3v) is 4.34. The van der Waals surface area contributed by atoms with Crippen molar-refractivity contribution in [1.29, 1.82) is 0 Å². The summed E-state index contributed by atoms with van der Waals surface area (Å²) in [5.74, 6) is -0.445. The number of carbonyl (C=O) groups excluding carboxylic acids is 3. The van der Waals surface area contributed by atoms with E-state index in [-0.39, 0.29) is 30.7 Å². The average Bonchev–Trinajstić information content (AvgIpc) is 3.04. The first-order valence-corrected chi connectivity index (χ1v) is 8.60. The van der Waals surface area contributed by atoms with Crippen molar-refractivity contribution < 1.29 is 19.1 Å². The second kappa shape index (κ2) is 7.90. The molecule has 7 heteroatoms. The minimum Gasteiger partial charge on any atom is -0.495 e. The number of ether oxygens (including phenoxy) is 1. The van der Waals surface area contributed by atoms with Gasteiger partial charge in [-0.25, -0.2) is 0 Å². The molecule has 1 aliphatic heterocycles. The van der Waals surface area contributed by atoms with Crippen molar-refractivity contribution >= 4 is 34.8 Å². The zero-order valence-corrected chi connectivity index (χ0v) is 15.2. The van der Waals surface area contributed by atoms with Crippen molar-refractivity contribution in [3.63, 3.8) is 0 Å². The van der Waals surface area contributed by atoms with Crippen LogP contribution >= 0.6 is 0 Å². The van der Waals surface area contributed by atoms with Crippen molar-refractivity contribution in [3.05, 3.63) is 48.5 Å². The molecule has 1 saturated heterocycles. The fourth-order valence-corrected chi connectivity index (χ4v) is 3.07. The lowest BCUT2D eigenvalue weighted by Crippen LogP contribution is -2.28. The Balaban J connectivity index is 1.71. The Morgan fingerprint density at radius 2 is 1.89 bits per heavy atom. The molecule has 1 heterocycles. The molecule has 140 valence electrons. The van der Waals surface area contributed by atoms with E-state index in [1.807, 2.05) is 6.07 Å². The molecule has 0 bridgehead atoms. The summed E-state index contributed by atoms with van der Waals surface area (Å²) in [7, 11) is 1.54. The topological polar surface area (TPSA) is 87.7 Å². The van der Waals surface area contributed by atoms with Gasteiger partial charge < -0.3 is 20.3 Å². The molecule has 1 fully saturated rings. The highest BCUT2D eigenvalue weighted by Crippen LogP contribution is 2.29. The molecule has 0 spiro atoms. The molecule has 2 N–H and O–H groups in total. The Morgan fingerprint density at radius 3 is 2.63 bits per heavy atom. The van der Waals surface area contributed by atoms with Gasteiger partial charge >= 0.3 is 0 Å². The monoisotopic (exact) mass is 367 g/mol. The number of amides is 3. The maximum atomic E-state index is 12.6. The van der Waals surface area contributed by atoms with E-state index in [9.17, 15) is 14.4 Å². The van der Waals surface area contributed by atoms with E-state index >= 15 is 0 Å². The van der Waals surface area contributed by atoms with Crippen LogP contribution in [0.25, 0.3) is 0 Å². The van der Waals surface area contributed by atoms with E-state index < -0.39 is 5.92 Å². The lowest BCUT2D eigenvalue weighted by molar-refractivity contribution is -0.122. The zero-order valence-electron chi connectivity index (χ0n) is 15.2. The molecule has 0 radical (unpaired) electrons. The second-order valence-electron chi connectivity index (χ2n) is 6.33. The highest BCUT2D eigenvalue weighted by atomic mass is 16.5. The van der Waals surface area contributed by atoms with E-state index in [1.54, 1.807) is 47.4 Å². The molecule has 0 aliphatic carbocycles. The first-order chi connectivity index (χ1) is 13.0. The average molecular weight is 367 g/mol. The normalized spacial score (nSPS) is 16.1. The van der Waals surface area contributed by atoms with Crippen LogP contribution in [0.2, 0.25) is 0 Å². The van der Waals surface area contributed by atoms with Crippen molar-refractivity contribution in [1.82, 2.24) is 0 Å². The SMILES string of the molecule is COc1ccccc1NC(=O)[C@H]1CC(=O)N(c2cccc(NC(C)=O)c2)C1. The van der Waals surface area contributed by atoms with Gasteiger partial charge in [-0.05, 0) is 30.3 Å². The van der Waals surface area contributed by atoms with Crippen LogP contribution in [-0.2, 0) is 14.4 Å². The van der Waals surface area contributed by atoms with Gasteiger partial charge in [-0.2, -0.15) is 0 Å². The van der Waals surface area contributed by atoms with E-state index in [2.05, 4.69) is 10.6 Å². The fraction of sp³-hybridized carbons (Fsp3) is 0.250. The van der Waals surface area contributed by atoms with Crippen LogP contribution < -0.4 is 20.3 Å². The molecule has 3 rings (SSSR count). The minimum atomic E-state index is -0.466. The quantitative estimate of drug-likeness (QED) is 0.850. The first kappa shape index (κ1) is 18.4. The first-order valence-electron chi connectivity index (χ1n) is 8.60. The van der Waals surface area contributed by atoms with Gasteiger partial charge in [-0.1, -0.05) is 18.2 Å². The summed E-state index contributed by atoms with van der Waals surface area (Å²) >= 11 is 0. The van der Waals surface area contributed by atoms with Gasteiger partial charge in [0.25, 0.3) is 0 Å². The molecule has 2 aromatic carbocycles. The molecule has 27 heavy (non-hydrogen) atoms. The summed E-state index contributed by atoms with van der Waals surface area (Å²) in [5.41, 5.74) is 1.83. The molecule has 3 amide bonds. The fourth-order valence-electron chi connectivity index (χ4n) is 3.07. The summed E-state index contributed by atoms with van der Waals surface area (Å²) in [6, 6.07) is 14.1. The van der Waals surface area contributed by atoms with Crippen LogP contribution in [0.15, 0.2) is 48.5 Å². The third-order valence-electron chi connectivity index (χ3n) is 4.34. The second-order valence-corrected chi connectivity index (χ2v) is 6.33. The Morgan fingerprint density at radius 1 is 1.11 bits per heavy atom. The number of benzene rings is 2. The van der Waals surface area contributed by atoms with Gasteiger partial charge in [0, 0.05) is 31.3 Å². The van der Waals surface area contributed by atoms with E-state index in [0.717, 1.165) is 0 Å². The number of hydrogen-bond donors (Lipinski definition) is 2. The smallest absolute Gasteiger partial charge is 0.229 e. The Kier molecular flexibility index (Phi) is 5.40. The number of methoxy groups -OCH3 is 1. The Bertz CT molecular complexity index is 881. The van der Waals surface area contributed by atoms with E-state index in [1.165, 1.54) is 14.0 Å². The van der Waals surface area contributed by atoms with Crippen LogP contribution in [0.3, 0.4) is 0 Å². The van der Waals surface area contributed by atoms with Crippen LogP contribution in [0.4, 0.5) is 17.1 Å². The van der Waals surface area contributed by atoms with Crippen LogP contribution in [0.5, 0.6) is 5.75 Å². The summed E-state index contributed by atoms with van der Waals surface area (Å²) < 4.78 is 5.24. The summed E-state index contributed by atoms with van der Waals surface area (Å²) in [4.78, 5) is 37.8. The number of anilines is 3. The van der Waals surface area contributed by atoms with E-state index in [4.69, 9.17) is 4.74 Å². The largest absolute Gasteiger partial charge is 0.495 e. The minimum absolute atomic E-state index is 0.129. The molecule has 2 aromatic rings. The van der Waals surface area contributed by atoms with Crippen LogP contribution in [0.1, 0.15) is 13.3 Å². The predicted molar refractivity (Wildman–Crippen MR) is 103 cm³/mol. The van der Waals surface area contributed by atoms with Crippen LogP contribution in [0, 0.1) is 5.92 Å². The van der Waals surface area contributed by atoms with Crippen LogP contribution in [-0.4, -0.2) is 31.4 Å². The van der Waals surface area contributed by atoms with Crippen molar-refractivity contribution in [3.8, 4) is 5.75 Å². The van der Waals surface area contributed by atoms with Gasteiger partial charge in [0.2, 0.25) is 17.7 Å². The zero-order chi connectivity index (χ0) is 19.4. The summed E-state index contributed by atoms with van der Waals surface area (Å²) in [6.45, 7) is 1.70. The number of rotatable bonds is 5. The van der Waals surface area contributed by atoms with E-state index in [0.29, 0.717) is 22.8 Å². The van der Waals surface area contributed by atoms with Gasteiger partial charge in [-0.15, -0.1) is 0 Å². The lowest BCUT2D eigenvalue weighted by Gasteiger charge is -2.18. The number of carbonyl (C=O) groups is 3. The Labute approximate surface area is 157 Å². The highest BCUT2D eigenvalue weighted by molar-refractivity contribution is 6.04. The van der Waals surface area contributed by atoms with Crippen molar-refractivity contribution in [2.45, 2.75) is 13.3 Å². The standard InChI is InChI=1S/C20H21N3O4/c1-13(24)21-15-6-5-7-16(11-15)23-12-14(10-19(23)25)20(26)22-17-8-3-4-9-18(17)27-2/h3-9,11,14H,10,12H2,1-2H3,(H,21,24)(H,22,26)/t14-/m0/s1. The molecule has 0 aromatic heterocycles. The molecule has 1 aliphatic rings.